The van der Waals surface area contributed by atoms with Crippen molar-refractivity contribution in [2.45, 2.75) is 80.1 Å². The summed E-state index contributed by atoms with van der Waals surface area (Å²) in [6, 6.07) is 0. The lowest BCUT2D eigenvalue weighted by atomic mass is 10.1. The van der Waals surface area contributed by atoms with Gasteiger partial charge in [-0.2, -0.15) is 0 Å². The summed E-state index contributed by atoms with van der Waals surface area (Å²) in [7, 11) is 0. The van der Waals surface area contributed by atoms with Crippen LogP contribution in [0, 0.1) is 0 Å². The van der Waals surface area contributed by atoms with E-state index in [9.17, 15) is 0 Å². The van der Waals surface area contributed by atoms with Gasteiger partial charge in [0.25, 0.3) is 0 Å². The van der Waals surface area contributed by atoms with Crippen LogP contribution in [0.4, 0.5) is 0 Å². The summed E-state index contributed by atoms with van der Waals surface area (Å²) in [5.74, 6) is 0. The highest BCUT2D eigenvalue weighted by Crippen LogP contribution is 2.12. The Kier molecular flexibility index (Phi) is 11.1. The molecular weight excluding hydrogens is 240 g/mol. The topological polar surface area (TPSA) is 0 Å². The number of hydrogen-bond donors (Lipinski definition) is 0. The molecule has 0 amide bonds. The largest absolute Gasteiger partial charge is 0.0856 e. The quantitative estimate of drug-likeness (QED) is 0.309. The van der Waals surface area contributed by atoms with E-state index in [1.165, 1.54) is 60.8 Å². The molecule has 0 nitrogen and oxygen atoms in total. The average Bonchev–Trinajstić information content (AvgIpc) is 2.34. The molecule has 0 saturated carbocycles. The summed E-state index contributed by atoms with van der Waals surface area (Å²) >= 11 is 0. The van der Waals surface area contributed by atoms with E-state index in [-0.39, 0.29) is 0 Å². The molecule has 0 aromatic rings. The maximum atomic E-state index is 2.41. The lowest BCUT2D eigenvalue weighted by molar-refractivity contribution is 0.906. The van der Waals surface area contributed by atoms with Crippen LogP contribution in [-0.2, 0) is 0 Å². The lowest BCUT2D eigenvalue weighted by Gasteiger charge is -2.01. The zero-order chi connectivity index (χ0) is 15.4. The summed E-state index contributed by atoms with van der Waals surface area (Å²) < 4.78 is 0. The van der Waals surface area contributed by atoms with Crippen LogP contribution in [0.25, 0.3) is 0 Å². The Morgan fingerprint density at radius 1 is 0.500 bits per heavy atom. The molecule has 114 valence electrons. The van der Waals surface area contributed by atoms with E-state index in [1.54, 1.807) is 0 Å². The van der Waals surface area contributed by atoms with E-state index < -0.39 is 0 Å². The van der Waals surface area contributed by atoms with Crippen molar-refractivity contribution in [3.05, 3.63) is 46.6 Å². The molecule has 0 radical (unpaired) electrons. The minimum absolute atomic E-state index is 1.18. The fourth-order valence-electron chi connectivity index (χ4n) is 2.04. The second-order valence-electron chi connectivity index (χ2n) is 6.32. The zero-order valence-electron chi connectivity index (χ0n) is 14.6. The van der Waals surface area contributed by atoms with Crippen molar-refractivity contribution < 1.29 is 0 Å². The van der Waals surface area contributed by atoms with Crippen LogP contribution in [0.3, 0.4) is 0 Å². The number of hydrogen-bond acceptors (Lipinski definition) is 0. The second-order valence-corrected chi connectivity index (χ2v) is 6.32. The first-order valence-electron chi connectivity index (χ1n) is 7.99. The molecule has 0 unspecified atom stereocenters. The first-order chi connectivity index (χ1) is 9.41. The molecule has 0 aliphatic heterocycles. The van der Waals surface area contributed by atoms with Crippen LogP contribution in [0.2, 0.25) is 0 Å². The van der Waals surface area contributed by atoms with Gasteiger partial charge < -0.3 is 0 Å². The fraction of sp³-hybridized carbons (Fsp3) is 0.600. The summed E-state index contributed by atoms with van der Waals surface area (Å²) in [6.07, 6.45) is 16.6. The Labute approximate surface area is 127 Å². The van der Waals surface area contributed by atoms with Crippen molar-refractivity contribution in [2.24, 2.45) is 0 Å². The van der Waals surface area contributed by atoms with Crippen molar-refractivity contribution in [1.29, 1.82) is 0 Å². The average molecular weight is 274 g/mol. The van der Waals surface area contributed by atoms with Gasteiger partial charge in [0.2, 0.25) is 0 Å². The van der Waals surface area contributed by atoms with E-state index >= 15 is 0 Å². The van der Waals surface area contributed by atoms with Crippen molar-refractivity contribution in [3.63, 3.8) is 0 Å². The monoisotopic (exact) mass is 274 g/mol. The smallest absolute Gasteiger partial charge is 0.0288 e. The second kappa shape index (κ2) is 11.8. The van der Waals surface area contributed by atoms with Gasteiger partial charge >= 0.3 is 0 Å². The van der Waals surface area contributed by atoms with Crippen molar-refractivity contribution >= 4 is 0 Å². The molecule has 0 aliphatic carbocycles. The van der Waals surface area contributed by atoms with Crippen molar-refractivity contribution in [2.75, 3.05) is 0 Å². The molecule has 0 aromatic heterocycles. The SMILES string of the molecule is CC(C)=CCCC=C(C)CCC=C(C)CCC=C(C)C. The Morgan fingerprint density at radius 2 is 0.850 bits per heavy atom. The molecule has 0 N–H and O–H groups in total. The van der Waals surface area contributed by atoms with E-state index in [0.717, 1.165) is 0 Å². The van der Waals surface area contributed by atoms with Gasteiger partial charge in [-0.25, -0.2) is 0 Å². The van der Waals surface area contributed by atoms with Crippen molar-refractivity contribution in [1.82, 2.24) is 0 Å². The van der Waals surface area contributed by atoms with E-state index in [1.807, 2.05) is 0 Å². The summed E-state index contributed by atoms with van der Waals surface area (Å²) in [5, 5.41) is 0. The van der Waals surface area contributed by atoms with Gasteiger partial charge in [-0.15, -0.1) is 0 Å². The maximum absolute atomic E-state index is 2.41. The Bertz CT molecular complexity index is 367. The molecule has 0 heteroatoms. The summed E-state index contributed by atoms with van der Waals surface area (Å²) in [4.78, 5) is 0. The zero-order valence-corrected chi connectivity index (χ0v) is 14.6. The normalized spacial score (nSPS) is 12.3. The molecule has 0 spiro atoms. The summed E-state index contributed by atoms with van der Waals surface area (Å²) in [5.41, 5.74) is 5.90. The molecule has 0 atom stereocenters. The van der Waals surface area contributed by atoms with Crippen LogP contribution >= 0.6 is 0 Å². The van der Waals surface area contributed by atoms with Crippen LogP contribution < -0.4 is 0 Å². The molecule has 0 fully saturated rings. The Morgan fingerprint density at radius 3 is 1.35 bits per heavy atom. The standard InChI is InChI=1S/C20H34/c1-17(2)11-7-8-13-19(5)15-10-16-20(6)14-9-12-18(3)4/h11-13,16H,7-10,14-15H2,1-6H3. The van der Waals surface area contributed by atoms with Crippen LogP contribution in [0.1, 0.15) is 80.1 Å². The van der Waals surface area contributed by atoms with Gasteiger partial charge in [-0.1, -0.05) is 46.6 Å². The molecule has 0 aromatic carbocycles. The summed E-state index contributed by atoms with van der Waals surface area (Å²) in [6.45, 7) is 13.2. The highest BCUT2D eigenvalue weighted by molar-refractivity contribution is 5.06. The van der Waals surface area contributed by atoms with Crippen molar-refractivity contribution in [3.8, 4) is 0 Å². The van der Waals surface area contributed by atoms with E-state index in [2.05, 4.69) is 65.8 Å². The first kappa shape index (κ1) is 19.0. The minimum Gasteiger partial charge on any atom is -0.0856 e. The van der Waals surface area contributed by atoms with Gasteiger partial charge in [0.15, 0.2) is 0 Å². The lowest BCUT2D eigenvalue weighted by Crippen LogP contribution is -1.81. The van der Waals surface area contributed by atoms with Crippen LogP contribution in [0.5, 0.6) is 0 Å². The molecular formula is C20H34. The number of allylic oxidation sites excluding steroid dienone is 8. The molecule has 0 rings (SSSR count). The molecule has 0 saturated heterocycles. The van der Waals surface area contributed by atoms with Gasteiger partial charge in [-0.3, -0.25) is 0 Å². The highest BCUT2D eigenvalue weighted by atomic mass is 14.0. The van der Waals surface area contributed by atoms with Gasteiger partial charge in [0, 0.05) is 0 Å². The third-order valence-corrected chi connectivity index (χ3v) is 3.33. The van der Waals surface area contributed by atoms with Crippen LogP contribution in [0.15, 0.2) is 46.6 Å². The highest BCUT2D eigenvalue weighted by Gasteiger charge is 1.92. The number of rotatable bonds is 9. The third kappa shape index (κ3) is 13.4. The maximum Gasteiger partial charge on any atom is -0.0288 e. The molecule has 0 aliphatic rings. The van der Waals surface area contributed by atoms with E-state index in [0.29, 0.717) is 0 Å². The Balaban J connectivity index is 3.88. The number of unbranched alkanes of at least 4 members (excludes halogenated alkanes) is 1. The fourth-order valence-corrected chi connectivity index (χ4v) is 2.04. The molecule has 0 heterocycles. The van der Waals surface area contributed by atoms with Crippen LogP contribution in [-0.4, -0.2) is 0 Å². The van der Waals surface area contributed by atoms with Gasteiger partial charge in [0.1, 0.15) is 0 Å². The first-order valence-corrected chi connectivity index (χ1v) is 7.99. The third-order valence-electron chi connectivity index (χ3n) is 3.33. The molecule has 0 bridgehead atoms. The van der Waals surface area contributed by atoms with Gasteiger partial charge in [-0.05, 0) is 80.1 Å². The Hall–Kier alpha value is -1.04. The molecule has 20 heavy (non-hydrogen) atoms. The van der Waals surface area contributed by atoms with Gasteiger partial charge in [0.05, 0.1) is 0 Å². The predicted molar refractivity (Wildman–Crippen MR) is 94.1 cm³/mol. The van der Waals surface area contributed by atoms with E-state index in [4.69, 9.17) is 0 Å². The predicted octanol–water partition coefficient (Wildman–Crippen LogP) is 7.15. The minimum atomic E-state index is 1.18.